The highest BCUT2D eigenvalue weighted by Gasteiger charge is 2.73. The smallest absolute Gasteiger partial charge is 0.435 e. The van der Waals surface area contributed by atoms with Crippen LogP contribution in [0, 0.1) is 10.8 Å². The van der Waals surface area contributed by atoms with Crippen molar-refractivity contribution in [1.29, 1.82) is 0 Å². The van der Waals surface area contributed by atoms with Gasteiger partial charge in [0.15, 0.2) is 9.84 Å². The third-order valence-corrected chi connectivity index (χ3v) is 13.6. The first kappa shape index (κ1) is 32.8. The molecule has 1 unspecified atom stereocenters. The van der Waals surface area contributed by atoms with Gasteiger partial charge in [0.25, 0.3) is 0 Å². The predicted octanol–water partition coefficient (Wildman–Crippen LogP) is 6.79. The van der Waals surface area contributed by atoms with Gasteiger partial charge in [-0.2, -0.15) is 26.3 Å². The van der Waals surface area contributed by atoms with Crippen LogP contribution in [0.5, 0.6) is 0 Å². The molecule has 1 amide bonds. The fourth-order valence-electron chi connectivity index (χ4n) is 8.16. The molecule has 2 aromatic carbocycles. The first-order valence-electron chi connectivity index (χ1n) is 15.1. The van der Waals surface area contributed by atoms with Crippen LogP contribution in [0.3, 0.4) is 0 Å². The van der Waals surface area contributed by atoms with E-state index in [9.17, 15) is 53.8 Å². The van der Waals surface area contributed by atoms with Gasteiger partial charge in [-0.1, -0.05) is 30.3 Å². The number of benzene rings is 2. The highest BCUT2D eigenvalue weighted by Crippen LogP contribution is 2.59. The Bertz CT molecular complexity index is 1650. The van der Waals surface area contributed by atoms with Crippen LogP contribution in [0.2, 0.25) is 0 Å². The summed E-state index contributed by atoms with van der Waals surface area (Å²) in [4.78, 5) is 27.3. The lowest BCUT2D eigenvalue weighted by Gasteiger charge is -2.51. The third kappa shape index (κ3) is 4.59. The highest BCUT2D eigenvalue weighted by atomic mass is 32.2. The van der Waals surface area contributed by atoms with E-state index in [0.717, 1.165) is 36.1 Å². The van der Waals surface area contributed by atoms with E-state index >= 15 is 0 Å². The van der Waals surface area contributed by atoms with Gasteiger partial charge in [0.05, 0.1) is 10.3 Å². The minimum absolute atomic E-state index is 0.0608. The number of carboxylic acid groups (broad SMARTS) is 1. The van der Waals surface area contributed by atoms with E-state index in [-0.39, 0.29) is 29.3 Å². The molecule has 1 aliphatic heterocycles. The van der Waals surface area contributed by atoms with Crippen LogP contribution in [0.15, 0.2) is 47.4 Å². The van der Waals surface area contributed by atoms with E-state index in [1.54, 1.807) is 6.07 Å². The largest absolute Gasteiger partial charge is 0.481 e. The molecule has 6 nitrogen and oxygen atoms in total. The molecule has 3 saturated carbocycles. The Balaban J connectivity index is 1.40. The number of aliphatic carboxylic acids is 1. The number of alkyl halides is 7. The van der Waals surface area contributed by atoms with Crippen LogP contribution >= 0.6 is 0 Å². The number of amides is 1. The van der Waals surface area contributed by atoms with Crippen molar-refractivity contribution in [1.82, 2.24) is 4.90 Å². The summed E-state index contributed by atoms with van der Waals surface area (Å²) in [5.74, 6) is -1.25. The van der Waals surface area contributed by atoms with Crippen molar-refractivity contribution >= 4 is 21.7 Å². The molecule has 0 spiro atoms. The lowest BCUT2D eigenvalue weighted by atomic mass is 9.53. The van der Waals surface area contributed by atoms with E-state index in [4.69, 9.17) is 0 Å². The zero-order chi connectivity index (χ0) is 33.6. The molecule has 4 fully saturated rings. The normalized spacial score (nSPS) is 28.4. The van der Waals surface area contributed by atoms with E-state index in [1.807, 2.05) is 0 Å². The molecule has 250 valence electrons. The Kier molecular flexibility index (Phi) is 7.42. The van der Waals surface area contributed by atoms with Crippen molar-refractivity contribution in [2.24, 2.45) is 10.8 Å². The maximum absolute atomic E-state index is 14.8. The average Bonchev–Trinajstić information content (AvgIpc) is 3.68. The van der Waals surface area contributed by atoms with Gasteiger partial charge in [-0.3, -0.25) is 9.59 Å². The van der Waals surface area contributed by atoms with Gasteiger partial charge in [0.2, 0.25) is 5.91 Å². The number of hydrogen-bond donors (Lipinski definition) is 1. The Morgan fingerprint density at radius 2 is 1.28 bits per heavy atom. The SMILES string of the molecule is O=C(O)C12CCC(C(=O)N3CCC(c4ccc(C(F)(C(F)(F)F)C(F)(F)F)cc4)(S(=O)(=O)c4ccc5c(c4)CCC5)C3)(CC1)CC2. The van der Waals surface area contributed by atoms with Gasteiger partial charge >= 0.3 is 24.0 Å². The van der Waals surface area contributed by atoms with Crippen molar-refractivity contribution in [2.75, 3.05) is 13.1 Å². The van der Waals surface area contributed by atoms with Gasteiger partial charge in [-0.05, 0) is 93.0 Å². The van der Waals surface area contributed by atoms with Crippen LogP contribution in [-0.4, -0.2) is 55.7 Å². The summed E-state index contributed by atoms with van der Waals surface area (Å²) in [7, 11) is -4.42. The van der Waals surface area contributed by atoms with E-state index < -0.39 is 61.5 Å². The number of nitrogens with zero attached hydrogens (tertiary/aromatic N) is 1. The van der Waals surface area contributed by atoms with Crippen LogP contribution < -0.4 is 0 Å². The molecular weight excluding hydrogens is 643 g/mol. The molecule has 46 heavy (non-hydrogen) atoms. The first-order chi connectivity index (χ1) is 21.3. The zero-order valence-corrected chi connectivity index (χ0v) is 25.4. The summed E-state index contributed by atoms with van der Waals surface area (Å²) >= 11 is 0. The summed E-state index contributed by atoms with van der Waals surface area (Å²) in [6.45, 7) is -0.482. The van der Waals surface area contributed by atoms with E-state index in [1.165, 1.54) is 17.0 Å². The average molecular weight is 676 g/mol. The van der Waals surface area contributed by atoms with Crippen LogP contribution in [0.25, 0.3) is 0 Å². The number of halogens is 7. The lowest BCUT2D eigenvalue weighted by molar-refractivity contribution is -0.348. The van der Waals surface area contributed by atoms with Crippen molar-refractivity contribution in [3.63, 3.8) is 0 Å². The van der Waals surface area contributed by atoms with Crippen LogP contribution in [0.1, 0.15) is 73.6 Å². The molecular formula is C32H32F7NO5S. The molecule has 1 heterocycles. The molecule has 5 aliphatic rings. The Morgan fingerprint density at radius 3 is 1.83 bits per heavy atom. The van der Waals surface area contributed by atoms with Crippen molar-refractivity contribution in [3.8, 4) is 0 Å². The number of likely N-dealkylation sites (tertiary alicyclic amines) is 1. The molecule has 1 saturated heterocycles. The van der Waals surface area contributed by atoms with Gasteiger partial charge in [-0.15, -0.1) is 0 Å². The third-order valence-electron chi connectivity index (χ3n) is 11.2. The van der Waals surface area contributed by atoms with Gasteiger partial charge in [0.1, 0.15) is 4.75 Å². The summed E-state index contributed by atoms with van der Waals surface area (Å²) in [6.07, 6.45) is -8.84. The number of carbonyl (C=O) groups is 2. The second kappa shape index (κ2) is 10.4. The summed E-state index contributed by atoms with van der Waals surface area (Å²) in [6, 6.07) is 6.82. The van der Waals surface area contributed by atoms with Crippen LogP contribution in [0.4, 0.5) is 30.7 Å². The first-order valence-corrected chi connectivity index (χ1v) is 16.6. The predicted molar refractivity (Wildman–Crippen MR) is 150 cm³/mol. The maximum atomic E-state index is 14.8. The van der Waals surface area contributed by atoms with Crippen molar-refractivity contribution in [2.45, 2.75) is 91.9 Å². The Hall–Kier alpha value is -3.16. The molecule has 4 aliphatic carbocycles. The molecule has 1 atom stereocenters. The van der Waals surface area contributed by atoms with Crippen molar-refractivity contribution in [3.05, 3.63) is 64.7 Å². The van der Waals surface area contributed by atoms with Gasteiger partial charge in [-0.25, -0.2) is 12.8 Å². The molecule has 0 radical (unpaired) electrons. The molecule has 14 heteroatoms. The summed E-state index contributed by atoms with van der Waals surface area (Å²) in [5.41, 5.74) is -7.57. The zero-order valence-electron chi connectivity index (χ0n) is 24.6. The molecule has 0 aromatic heterocycles. The van der Waals surface area contributed by atoms with E-state index in [0.29, 0.717) is 57.1 Å². The molecule has 2 bridgehead atoms. The minimum atomic E-state index is -6.34. The molecule has 1 N–H and O–H groups in total. The summed E-state index contributed by atoms with van der Waals surface area (Å²) in [5, 5.41) is 9.75. The minimum Gasteiger partial charge on any atom is -0.481 e. The quantitative estimate of drug-likeness (QED) is 0.341. The monoisotopic (exact) mass is 675 g/mol. The Morgan fingerprint density at radius 1 is 0.739 bits per heavy atom. The second-order valence-electron chi connectivity index (χ2n) is 13.4. The van der Waals surface area contributed by atoms with Gasteiger partial charge < -0.3 is 10.0 Å². The number of fused-ring (bicyclic) bond motifs is 4. The van der Waals surface area contributed by atoms with Gasteiger partial charge in [0, 0.05) is 24.1 Å². The standard InChI is InChI=1S/C32H32F7NO5S/c33-30(31(34,35)36,32(37,38)39)23-7-5-22(6-8-23)29(46(44,45)24-9-4-20-2-1-3-21(20)18-24)16-17-40(19-29)25(41)27-10-13-28(14-11-27,15-12-27)26(42)43/h4-9,18H,1-3,10-17,19H2,(H,42,43). The number of rotatable bonds is 6. The van der Waals surface area contributed by atoms with Crippen molar-refractivity contribution < 1.29 is 53.8 Å². The number of hydrogen-bond acceptors (Lipinski definition) is 4. The summed E-state index contributed by atoms with van der Waals surface area (Å²) < 4.78 is 123. The van der Waals surface area contributed by atoms with E-state index in [2.05, 4.69) is 0 Å². The molecule has 7 rings (SSSR count). The lowest BCUT2D eigenvalue weighted by Crippen LogP contribution is -2.53. The maximum Gasteiger partial charge on any atom is 0.435 e. The topological polar surface area (TPSA) is 91.8 Å². The Labute approximate surface area is 260 Å². The highest BCUT2D eigenvalue weighted by molar-refractivity contribution is 7.92. The number of carboxylic acids is 1. The molecule has 2 aromatic rings. The van der Waals surface area contributed by atoms with Crippen LogP contribution in [-0.2, 0) is 42.7 Å². The number of sulfone groups is 1. The fraction of sp³-hybridized carbons (Fsp3) is 0.562. The second-order valence-corrected chi connectivity index (χ2v) is 15.6. The number of carbonyl (C=O) groups excluding carboxylic acids is 1. The number of aryl methyl sites for hydroxylation is 2. The fourth-order valence-corrected chi connectivity index (χ4v) is 10.3.